The van der Waals surface area contributed by atoms with Crippen molar-refractivity contribution in [2.24, 2.45) is 0 Å². The summed E-state index contributed by atoms with van der Waals surface area (Å²) >= 11 is 0. The second-order valence-corrected chi connectivity index (χ2v) is 8.54. The van der Waals surface area contributed by atoms with Gasteiger partial charge in [-0.1, -0.05) is 18.2 Å². The van der Waals surface area contributed by atoms with E-state index in [9.17, 15) is 18.5 Å². The summed E-state index contributed by atoms with van der Waals surface area (Å²) in [4.78, 5) is 12.4. The first-order valence-electron chi connectivity index (χ1n) is 8.42. The minimum atomic E-state index is -3.70. The van der Waals surface area contributed by atoms with Crippen molar-refractivity contribution in [1.82, 2.24) is 18.7 Å². The fourth-order valence-electron chi connectivity index (χ4n) is 2.81. The first-order chi connectivity index (χ1) is 13.3. The lowest BCUT2D eigenvalue weighted by molar-refractivity contribution is 0.518. The largest absolute Gasteiger partial charge is 0.308 e. The van der Waals surface area contributed by atoms with Gasteiger partial charge in [0.1, 0.15) is 6.07 Å². The molecule has 0 atom stereocenters. The van der Waals surface area contributed by atoms with Crippen LogP contribution in [0, 0.1) is 18.3 Å². The number of hydrogen-bond donors (Lipinski definition) is 0. The first-order valence-corrected chi connectivity index (χ1v) is 9.86. The zero-order valence-corrected chi connectivity index (χ0v) is 16.5. The third-order valence-corrected chi connectivity index (χ3v) is 6.12. The van der Waals surface area contributed by atoms with E-state index in [2.05, 4.69) is 11.2 Å². The Balaban J connectivity index is 2.15. The molecule has 0 fully saturated rings. The average Bonchev–Trinajstić information content (AvgIpc) is 2.99. The molecule has 1 aromatic carbocycles. The predicted octanol–water partition coefficient (Wildman–Crippen LogP) is 1.51. The average molecular weight is 397 g/mol. The minimum Gasteiger partial charge on any atom is -0.308 e. The second-order valence-electron chi connectivity index (χ2n) is 6.38. The van der Waals surface area contributed by atoms with Gasteiger partial charge in [0.15, 0.2) is 0 Å². The van der Waals surface area contributed by atoms with E-state index in [0.717, 1.165) is 9.99 Å². The molecule has 9 heteroatoms. The third-order valence-electron chi connectivity index (χ3n) is 4.32. The van der Waals surface area contributed by atoms with Gasteiger partial charge in [-0.15, -0.1) is 0 Å². The van der Waals surface area contributed by atoms with Gasteiger partial charge in [0.05, 0.1) is 34.1 Å². The van der Waals surface area contributed by atoms with E-state index in [1.54, 1.807) is 11.6 Å². The molecule has 3 rings (SSSR count). The van der Waals surface area contributed by atoms with Crippen molar-refractivity contribution in [1.29, 1.82) is 5.26 Å². The standard InChI is InChI=1S/C19H19N5O3S/c1-14-17(11-20)18(24(21-14)15-7-5-4-6-8-15)13-23-12-16(9-10-19(23)25)28(26,27)22(2)3/h4-10,12H,13H2,1-3H3. The lowest BCUT2D eigenvalue weighted by Crippen LogP contribution is -2.26. The number of nitrogens with zero attached hydrogens (tertiary/aromatic N) is 5. The molecule has 0 aliphatic heterocycles. The molecule has 0 spiro atoms. The van der Waals surface area contributed by atoms with Gasteiger partial charge in [-0.05, 0) is 25.1 Å². The third kappa shape index (κ3) is 3.47. The number of nitriles is 1. The molecule has 0 N–H and O–H groups in total. The topological polar surface area (TPSA) is 101 Å². The Morgan fingerprint density at radius 1 is 1.14 bits per heavy atom. The number of aromatic nitrogens is 3. The summed E-state index contributed by atoms with van der Waals surface area (Å²) in [7, 11) is -0.849. The van der Waals surface area contributed by atoms with E-state index in [0.29, 0.717) is 17.0 Å². The zero-order chi connectivity index (χ0) is 20.5. The Morgan fingerprint density at radius 2 is 1.82 bits per heavy atom. The Bertz CT molecular complexity index is 1220. The molecule has 0 unspecified atom stereocenters. The van der Waals surface area contributed by atoms with E-state index in [1.165, 1.54) is 37.0 Å². The van der Waals surface area contributed by atoms with Crippen molar-refractivity contribution < 1.29 is 8.42 Å². The maximum absolute atomic E-state index is 12.4. The van der Waals surface area contributed by atoms with Gasteiger partial charge >= 0.3 is 0 Å². The summed E-state index contributed by atoms with van der Waals surface area (Å²) in [5.74, 6) is 0. The van der Waals surface area contributed by atoms with Gasteiger partial charge in [-0.2, -0.15) is 10.4 Å². The van der Waals surface area contributed by atoms with E-state index >= 15 is 0 Å². The predicted molar refractivity (Wildman–Crippen MR) is 104 cm³/mol. The van der Waals surface area contributed by atoms with Crippen molar-refractivity contribution in [2.45, 2.75) is 18.4 Å². The SMILES string of the molecule is Cc1nn(-c2ccccc2)c(Cn2cc(S(=O)(=O)N(C)C)ccc2=O)c1C#N. The maximum atomic E-state index is 12.4. The molecular weight excluding hydrogens is 378 g/mol. The van der Waals surface area contributed by atoms with Crippen molar-refractivity contribution in [3.05, 3.63) is 76.0 Å². The summed E-state index contributed by atoms with van der Waals surface area (Å²) in [5.41, 5.74) is 1.77. The molecule has 0 bridgehead atoms. The Hall–Kier alpha value is -3.22. The molecule has 0 saturated carbocycles. The zero-order valence-electron chi connectivity index (χ0n) is 15.7. The molecule has 8 nitrogen and oxygen atoms in total. The van der Waals surface area contributed by atoms with Crippen molar-refractivity contribution in [3.63, 3.8) is 0 Å². The van der Waals surface area contributed by atoms with Crippen molar-refractivity contribution >= 4 is 10.0 Å². The number of sulfonamides is 1. The van der Waals surface area contributed by atoms with Crippen LogP contribution in [0.25, 0.3) is 5.69 Å². The van der Waals surface area contributed by atoms with E-state index in [4.69, 9.17) is 0 Å². The van der Waals surface area contributed by atoms with E-state index in [1.807, 2.05) is 30.3 Å². The fraction of sp³-hybridized carbons (Fsp3) is 0.211. The lowest BCUT2D eigenvalue weighted by Gasteiger charge is -2.14. The molecular formula is C19H19N5O3S. The molecule has 0 amide bonds. The molecule has 144 valence electrons. The molecule has 0 saturated heterocycles. The number of benzene rings is 1. The summed E-state index contributed by atoms with van der Waals surface area (Å²) in [6.45, 7) is 1.73. The van der Waals surface area contributed by atoms with E-state index in [-0.39, 0.29) is 17.0 Å². The van der Waals surface area contributed by atoms with E-state index < -0.39 is 10.0 Å². The fourth-order valence-corrected chi connectivity index (χ4v) is 3.73. The highest BCUT2D eigenvalue weighted by Crippen LogP contribution is 2.19. The number of aryl methyl sites for hydroxylation is 1. The van der Waals surface area contributed by atoms with Crippen LogP contribution < -0.4 is 5.56 Å². The molecule has 28 heavy (non-hydrogen) atoms. The first kappa shape index (κ1) is 19.5. The highest BCUT2D eigenvalue weighted by molar-refractivity contribution is 7.89. The monoisotopic (exact) mass is 397 g/mol. The number of hydrogen-bond acceptors (Lipinski definition) is 5. The maximum Gasteiger partial charge on any atom is 0.250 e. The number of rotatable bonds is 5. The molecule has 0 aliphatic carbocycles. The van der Waals surface area contributed by atoms with Crippen LogP contribution >= 0.6 is 0 Å². The minimum absolute atomic E-state index is 0.00175. The molecule has 0 aliphatic rings. The normalized spacial score (nSPS) is 11.5. The molecule has 2 heterocycles. The van der Waals surface area contributed by atoms with Crippen molar-refractivity contribution in [2.75, 3.05) is 14.1 Å². The van der Waals surface area contributed by atoms with Crippen LogP contribution in [-0.2, 0) is 16.6 Å². The number of para-hydroxylation sites is 1. The highest BCUT2D eigenvalue weighted by Gasteiger charge is 2.20. The molecule has 0 radical (unpaired) electrons. The molecule has 3 aromatic rings. The van der Waals surface area contributed by atoms with Gasteiger partial charge in [0, 0.05) is 26.4 Å². The van der Waals surface area contributed by atoms with Crippen LogP contribution in [0.4, 0.5) is 0 Å². The van der Waals surface area contributed by atoms with Gasteiger partial charge in [-0.25, -0.2) is 17.4 Å². The van der Waals surface area contributed by atoms with Crippen LogP contribution in [-0.4, -0.2) is 41.2 Å². The summed E-state index contributed by atoms with van der Waals surface area (Å²) < 4.78 is 28.8. The Kier molecular flexibility index (Phi) is 5.18. The lowest BCUT2D eigenvalue weighted by atomic mass is 10.2. The van der Waals surface area contributed by atoms with Gasteiger partial charge in [-0.3, -0.25) is 4.79 Å². The smallest absolute Gasteiger partial charge is 0.250 e. The van der Waals surface area contributed by atoms with Crippen molar-refractivity contribution in [3.8, 4) is 11.8 Å². The van der Waals surface area contributed by atoms with Crippen LogP contribution in [0.3, 0.4) is 0 Å². The molecule has 2 aromatic heterocycles. The highest BCUT2D eigenvalue weighted by atomic mass is 32.2. The second kappa shape index (κ2) is 7.42. The summed E-state index contributed by atoms with van der Waals surface area (Å²) in [6, 6.07) is 13.9. The van der Waals surface area contributed by atoms with Gasteiger partial charge < -0.3 is 4.57 Å². The van der Waals surface area contributed by atoms with Gasteiger partial charge in [0.2, 0.25) is 10.0 Å². The number of pyridine rings is 1. The summed E-state index contributed by atoms with van der Waals surface area (Å²) in [5, 5.41) is 14.0. The Labute approximate surface area is 162 Å². The van der Waals surface area contributed by atoms with Crippen LogP contribution in [0.15, 0.2) is 58.4 Å². The van der Waals surface area contributed by atoms with Crippen LogP contribution in [0.2, 0.25) is 0 Å². The Morgan fingerprint density at radius 3 is 2.43 bits per heavy atom. The van der Waals surface area contributed by atoms with Gasteiger partial charge in [0.25, 0.3) is 5.56 Å². The quantitative estimate of drug-likeness (QED) is 0.650. The van der Waals surface area contributed by atoms with Crippen LogP contribution in [0.1, 0.15) is 17.0 Å². The van der Waals surface area contributed by atoms with Crippen LogP contribution in [0.5, 0.6) is 0 Å². The summed E-state index contributed by atoms with van der Waals surface area (Å²) in [6.07, 6.45) is 1.29.